The molecule has 0 bridgehead atoms. The van der Waals surface area contributed by atoms with E-state index in [-0.39, 0.29) is 35.7 Å². The number of aromatic nitrogens is 1. The van der Waals surface area contributed by atoms with Crippen LogP contribution in [0.25, 0.3) is 0 Å². The Balaban J connectivity index is 1.42. The van der Waals surface area contributed by atoms with E-state index in [1.807, 2.05) is 13.0 Å². The highest BCUT2D eigenvalue weighted by molar-refractivity contribution is 9.10. The lowest BCUT2D eigenvalue weighted by Gasteiger charge is -2.49. The fourth-order valence-electron chi connectivity index (χ4n) is 6.93. The molecule has 1 aromatic heterocycles. The number of aliphatic hydroxyl groups excluding tert-OH is 1. The van der Waals surface area contributed by atoms with E-state index in [0.717, 1.165) is 41.3 Å². The minimum Gasteiger partial charge on any atom is -0.515 e. The summed E-state index contributed by atoms with van der Waals surface area (Å²) in [6.45, 7) is 4.00. The van der Waals surface area contributed by atoms with Crippen LogP contribution in [-0.2, 0) is 16.0 Å². The van der Waals surface area contributed by atoms with Gasteiger partial charge in [0.05, 0.1) is 10.7 Å². The van der Waals surface area contributed by atoms with Crippen molar-refractivity contribution in [2.75, 3.05) is 5.32 Å². The molecular formula is C26H29BrN2O4S. The number of aryl methyl sites for hydroxylation is 1. The van der Waals surface area contributed by atoms with Gasteiger partial charge in [-0.3, -0.25) is 9.59 Å². The summed E-state index contributed by atoms with van der Waals surface area (Å²) in [6, 6.07) is 3.78. The molecule has 1 aromatic carbocycles. The lowest BCUT2D eigenvalue weighted by molar-refractivity contribution is -0.127. The Morgan fingerprint density at radius 1 is 1.38 bits per heavy atom. The van der Waals surface area contributed by atoms with Crippen LogP contribution in [0.4, 0.5) is 5.13 Å². The van der Waals surface area contributed by atoms with Gasteiger partial charge in [0.25, 0.3) is 0 Å². The van der Waals surface area contributed by atoms with Crippen molar-refractivity contribution in [2.24, 2.45) is 23.2 Å². The van der Waals surface area contributed by atoms with Crippen LogP contribution in [0.15, 0.2) is 34.6 Å². The minimum absolute atomic E-state index is 0.0390. The summed E-state index contributed by atoms with van der Waals surface area (Å²) in [5.74, 6) is 0.705. The molecule has 3 aliphatic carbocycles. The molecule has 3 N–H and O–H groups in total. The zero-order chi connectivity index (χ0) is 24.2. The number of nitrogens with zero attached hydrogens (tertiary/aromatic N) is 1. The molecule has 2 fully saturated rings. The SMILES string of the molecule is Cc1cnc(NC(=O)CC[C@@H]2/C(=C\O)C(=O)[C@@]3(C)CCC4c5ccc(O)c(Br)c5CCC4C23)s1. The predicted molar refractivity (Wildman–Crippen MR) is 135 cm³/mol. The normalized spacial score (nSPS) is 31.1. The van der Waals surface area contributed by atoms with Gasteiger partial charge in [-0.2, -0.15) is 0 Å². The number of phenols is 1. The molecule has 0 aliphatic heterocycles. The summed E-state index contributed by atoms with van der Waals surface area (Å²) in [5.41, 5.74) is 2.38. The monoisotopic (exact) mass is 544 g/mol. The number of aromatic hydroxyl groups is 1. The molecule has 0 saturated heterocycles. The van der Waals surface area contributed by atoms with E-state index >= 15 is 0 Å². The van der Waals surface area contributed by atoms with Crippen LogP contribution in [0.1, 0.15) is 60.9 Å². The first-order valence-corrected chi connectivity index (χ1v) is 13.5. The first-order valence-electron chi connectivity index (χ1n) is 11.9. The summed E-state index contributed by atoms with van der Waals surface area (Å²) >= 11 is 5.00. The van der Waals surface area contributed by atoms with Gasteiger partial charge in [0.2, 0.25) is 5.91 Å². The highest BCUT2D eigenvalue weighted by atomic mass is 79.9. The summed E-state index contributed by atoms with van der Waals surface area (Å²) in [4.78, 5) is 31.4. The molecule has 5 rings (SSSR count). The fraction of sp³-hybridized carbons (Fsp3) is 0.500. The fourth-order valence-corrected chi connectivity index (χ4v) is 8.17. The number of carbonyl (C=O) groups excluding carboxylic acids is 2. The number of benzene rings is 1. The number of hydrogen-bond acceptors (Lipinski definition) is 6. The number of hydrogen-bond donors (Lipinski definition) is 3. The number of ketones is 1. The van der Waals surface area contributed by atoms with Gasteiger partial charge in [0.15, 0.2) is 10.9 Å². The Morgan fingerprint density at radius 3 is 2.88 bits per heavy atom. The van der Waals surface area contributed by atoms with E-state index in [1.54, 1.807) is 12.3 Å². The third-order valence-corrected chi connectivity index (χ3v) is 10.1. The van der Waals surface area contributed by atoms with Gasteiger partial charge in [0.1, 0.15) is 5.75 Å². The number of thiazole rings is 1. The molecule has 0 spiro atoms. The van der Waals surface area contributed by atoms with Crippen LogP contribution in [-0.4, -0.2) is 26.9 Å². The van der Waals surface area contributed by atoms with Gasteiger partial charge in [-0.15, -0.1) is 11.3 Å². The molecular weight excluding hydrogens is 516 g/mol. The van der Waals surface area contributed by atoms with Crippen molar-refractivity contribution in [3.8, 4) is 5.75 Å². The zero-order valence-electron chi connectivity index (χ0n) is 19.3. The van der Waals surface area contributed by atoms with Crippen LogP contribution >= 0.6 is 27.3 Å². The van der Waals surface area contributed by atoms with E-state index in [4.69, 9.17) is 0 Å². The highest BCUT2D eigenvalue weighted by Crippen LogP contribution is 2.63. The lowest BCUT2D eigenvalue weighted by atomic mass is 9.54. The summed E-state index contributed by atoms with van der Waals surface area (Å²) in [7, 11) is 0. The van der Waals surface area contributed by atoms with Gasteiger partial charge >= 0.3 is 0 Å². The van der Waals surface area contributed by atoms with Crippen molar-refractivity contribution in [1.82, 2.24) is 4.98 Å². The Labute approximate surface area is 211 Å². The Hall–Kier alpha value is -2.19. The van der Waals surface area contributed by atoms with E-state index in [1.165, 1.54) is 22.5 Å². The van der Waals surface area contributed by atoms with E-state index in [2.05, 4.69) is 33.2 Å². The number of amides is 1. The first-order chi connectivity index (χ1) is 16.2. The van der Waals surface area contributed by atoms with Crippen molar-refractivity contribution in [3.63, 3.8) is 0 Å². The maximum Gasteiger partial charge on any atom is 0.226 e. The molecule has 1 heterocycles. The number of allylic oxidation sites excluding steroid dienone is 1. The average Bonchev–Trinajstić information content (AvgIpc) is 3.32. The zero-order valence-corrected chi connectivity index (χ0v) is 21.7. The number of nitrogens with one attached hydrogen (secondary N) is 1. The standard InChI is InChI=1S/C26H29BrN2O4S/c1-13-11-28-25(34-13)29-21(32)8-6-17-19(12-30)24(33)26(2)10-9-15-14-5-7-20(31)23(27)18(14)4-3-16(15)22(17)26/h5,7,11-12,15-17,22,30-31H,3-4,6,8-10H2,1-2H3,(H,28,29,32)/b19-12+/t15?,16?,17-,22?,26+/m1/s1. The maximum absolute atomic E-state index is 13.5. The van der Waals surface area contributed by atoms with Crippen LogP contribution in [0.3, 0.4) is 0 Å². The number of halogens is 1. The van der Waals surface area contributed by atoms with Crippen LogP contribution in [0, 0.1) is 30.1 Å². The number of carbonyl (C=O) groups is 2. The van der Waals surface area contributed by atoms with Crippen LogP contribution in [0.2, 0.25) is 0 Å². The van der Waals surface area contributed by atoms with Crippen molar-refractivity contribution in [3.05, 3.63) is 50.6 Å². The molecule has 0 radical (unpaired) electrons. The Bertz CT molecular complexity index is 1190. The molecule has 180 valence electrons. The number of fused-ring (bicyclic) bond motifs is 5. The van der Waals surface area contributed by atoms with Crippen LogP contribution in [0.5, 0.6) is 5.75 Å². The second-order valence-electron chi connectivity index (χ2n) is 10.1. The van der Waals surface area contributed by atoms with Crippen molar-refractivity contribution >= 4 is 44.1 Å². The van der Waals surface area contributed by atoms with E-state index in [9.17, 15) is 19.8 Å². The second-order valence-corrected chi connectivity index (χ2v) is 12.2. The summed E-state index contributed by atoms with van der Waals surface area (Å²) in [6.07, 6.45) is 6.94. The molecule has 5 atom stereocenters. The van der Waals surface area contributed by atoms with E-state index in [0.29, 0.717) is 29.0 Å². The van der Waals surface area contributed by atoms with Crippen molar-refractivity contribution in [1.29, 1.82) is 0 Å². The number of rotatable bonds is 4. The third-order valence-electron chi connectivity index (χ3n) is 8.38. The molecule has 3 aliphatic rings. The van der Waals surface area contributed by atoms with Gasteiger partial charge in [-0.1, -0.05) is 13.0 Å². The van der Waals surface area contributed by atoms with Gasteiger partial charge in [-0.25, -0.2) is 4.98 Å². The molecule has 1 amide bonds. The minimum atomic E-state index is -0.519. The predicted octanol–water partition coefficient (Wildman–Crippen LogP) is 6.04. The van der Waals surface area contributed by atoms with Gasteiger partial charge in [0, 0.05) is 28.5 Å². The molecule has 8 heteroatoms. The number of Topliss-reactive ketones (excluding diaryl/α,β-unsaturated/α-hetero) is 1. The number of aliphatic hydroxyl groups is 1. The smallest absolute Gasteiger partial charge is 0.226 e. The van der Waals surface area contributed by atoms with Gasteiger partial charge in [-0.05, 0) is 95.8 Å². The second kappa shape index (κ2) is 8.79. The number of phenolic OH excluding ortho intramolecular Hbond substituents is 1. The molecule has 6 nitrogen and oxygen atoms in total. The van der Waals surface area contributed by atoms with E-state index < -0.39 is 5.41 Å². The average molecular weight is 545 g/mol. The maximum atomic E-state index is 13.5. The Morgan fingerprint density at radius 2 is 2.18 bits per heavy atom. The topological polar surface area (TPSA) is 99.5 Å². The molecule has 2 saturated carbocycles. The lowest BCUT2D eigenvalue weighted by Crippen LogP contribution is -2.44. The first kappa shape index (κ1) is 23.5. The highest BCUT2D eigenvalue weighted by Gasteiger charge is 2.60. The van der Waals surface area contributed by atoms with Crippen molar-refractivity contribution in [2.45, 2.75) is 58.3 Å². The third kappa shape index (κ3) is 3.70. The summed E-state index contributed by atoms with van der Waals surface area (Å²) in [5, 5.41) is 23.7. The van der Waals surface area contributed by atoms with Gasteiger partial charge < -0.3 is 15.5 Å². The molecule has 2 aromatic rings. The quantitative estimate of drug-likeness (QED) is 0.321. The van der Waals surface area contributed by atoms with Crippen molar-refractivity contribution < 1.29 is 19.8 Å². The largest absolute Gasteiger partial charge is 0.515 e. The van der Waals surface area contributed by atoms with Crippen LogP contribution < -0.4 is 5.32 Å². The molecule has 34 heavy (non-hydrogen) atoms. The number of anilines is 1. The Kier molecular flexibility index (Phi) is 6.09. The summed E-state index contributed by atoms with van der Waals surface area (Å²) < 4.78 is 0.779. The molecule has 3 unspecified atom stereocenters.